The molecule has 0 radical (unpaired) electrons. The number of carbonyl (C=O) groups is 1. The molecule has 1 saturated heterocycles. The SMILES string of the molecule is CSc1cc(C)c2c(c1)COC1(CCN(C(=O)Nc3ccc(C#N)cc3)CC1)O2. The summed E-state index contributed by atoms with van der Waals surface area (Å²) < 4.78 is 12.5. The fourth-order valence-electron chi connectivity index (χ4n) is 3.73. The Labute approximate surface area is 174 Å². The lowest BCUT2D eigenvalue weighted by Crippen LogP contribution is -2.53. The predicted octanol–water partition coefficient (Wildman–Crippen LogP) is 4.52. The highest BCUT2D eigenvalue weighted by molar-refractivity contribution is 7.98. The number of urea groups is 1. The highest BCUT2D eigenvalue weighted by atomic mass is 32.2. The average Bonchev–Trinajstić information content (AvgIpc) is 2.75. The molecular formula is C22H23N3O3S. The van der Waals surface area contributed by atoms with E-state index in [0.717, 1.165) is 16.9 Å². The number of rotatable bonds is 2. The molecular weight excluding hydrogens is 386 g/mol. The zero-order chi connectivity index (χ0) is 20.4. The number of benzene rings is 2. The second-order valence-corrected chi connectivity index (χ2v) is 8.22. The summed E-state index contributed by atoms with van der Waals surface area (Å²) in [6, 6.07) is 13.0. The minimum atomic E-state index is -0.663. The van der Waals surface area contributed by atoms with E-state index < -0.39 is 5.79 Å². The number of ether oxygens (including phenoxy) is 2. The first-order valence-electron chi connectivity index (χ1n) is 9.58. The van der Waals surface area contributed by atoms with Gasteiger partial charge in [0.1, 0.15) is 5.75 Å². The van der Waals surface area contributed by atoms with Gasteiger partial charge in [-0.05, 0) is 55.1 Å². The van der Waals surface area contributed by atoms with E-state index in [2.05, 4.69) is 36.7 Å². The number of hydrogen-bond acceptors (Lipinski definition) is 5. The summed E-state index contributed by atoms with van der Waals surface area (Å²) in [5.74, 6) is 0.258. The Morgan fingerprint density at radius 3 is 2.62 bits per heavy atom. The average molecular weight is 410 g/mol. The van der Waals surface area contributed by atoms with Crippen LogP contribution in [-0.4, -0.2) is 36.1 Å². The highest BCUT2D eigenvalue weighted by Crippen LogP contribution is 2.41. The van der Waals surface area contributed by atoms with Gasteiger partial charge in [0, 0.05) is 42.1 Å². The molecule has 2 aromatic carbocycles. The fraction of sp³-hybridized carbons (Fsp3) is 0.364. The van der Waals surface area contributed by atoms with Crippen LogP contribution in [0.25, 0.3) is 0 Å². The van der Waals surface area contributed by atoms with E-state index in [0.29, 0.717) is 43.8 Å². The lowest BCUT2D eigenvalue weighted by molar-refractivity contribution is -0.225. The molecule has 2 aliphatic heterocycles. The van der Waals surface area contributed by atoms with Crippen molar-refractivity contribution >= 4 is 23.5 Å². The molecule has 0 atom stereocenters. The number of aryl methyl sites for hydroxylation is 1. The predicted molar refractivity (Wildman–Crippen MR) is 112 cm³/mol. The van der Waals surface area contributed by atoms with E-state index in [9.17, 15) is 4.79 Å². The van der Waals surface area contributed by atoms with Crippen molar-refractivity contribution in [2.75, 3.05) is 24.7 Å². The molecule has 4 rings (SSSR count). The van der Waals surface area contributed by atoms with Crippen LogP contribution in [0, 0.1) is 18.3 Å². The number of hydrogen-bond donors (Lipinski definition) is 1. The van der Waals surface area contributed by atoms with Gasteiger partial charge in [0.2, 0.25) is 5.79 Å². The molecule has 2 amide bonds. The van der Waals surface area contributed by atoms with Gasteiger partial charge in [-0.3, -0.25) is 0 Å². The standard InChI is InChI=1S/C22H23N3O3S/c1-15-11-19(29-2)12-17-14-27-22(28-20(15)17)7-9-25(10-8-22)21(26)24-18-5-3-16(13-23)4-6-18/h3-6,11-12H,7-10,14H2,1-2H3,(H,24,26). The molecule has 1 fully saturated rings. The Bertz CT molecular complexity index is 961. The summed E-state index contributed by atoms with van der Waals surface area (Å²) in [7, 11) is 0. The van der Waals surface area contributed by atoms with Crippen LogP contribution in [0.1, 0.15) is 29.5 Å². The van der Waals surface area contributed by atoms with Crippen LogP contribution in [0.15, 0.2) is 41.3 Å². The molecule has 1 spiro atoms. The van der Waals surface area contributed by atoms with E-state index in [4.69, 9.17) is 14.7 Å². The molecule has 0 unspecified atom stereocenters. The number of likely N-dealkylation sites (tertiary alicyclic amines) is 1. The van der Waals surface area contributed by atoms with Crippen LogP contribution in [0.5, 0.6) is 5.75 Å². The van der Waals surface area contributed by atoms with Crippen LogP contribution >= 0.6 is 11.8 Å². The van der Waals surface area contributed by atoms with Gasteiger partial charge in [-0.1, -0.05) is 0 Å². The molecule has 7 heteroatoms. The molecule has 0 bridgehead atoms. The zero-order valence-electron chi connectivity index (χ0n) is 16.5. The molecule has 1 N–H and O–H groups in total. The summed E-state index contributed by atoms with van der Waals surface area (Å²) in [5, 5.41) is 11.8. The molecule has 0 aromatic heterocycles. The number of amides is 2. The maximum absolute atomic E-state index is 12.6. The third-order valence-corrected chi connectivity index (χ3v) is 6.12. The van der Waals surface area contributed by atoms with Gasteiger partial charge < -0.3 is 19.7 Å². The highest BCUT2D eigenvalue weighted by Gasteiger charge is 2.42. The Hall–Kier alpha value is -2.69. The summed E-state index contributed by atoms with van der Waals surface area (Å²) in [5.41, 5.74) is 3.44. The van der Waals surface area contributed by atoms with Gasteiger partial charge in [0.15, 0.2) is 0 Å². The maximum atomic E-state index is 12.6. The Morgan fingerprint density at radius 2 is 1.97 bits per heavy atom. The van der Waals surface area contributed by atoms with Crippen molar-refractivity contribution in [3.05, 3.63) is 53.1 Å². The summed E-state index contributed by atoms with van der Waals surface area (Å²) in [6.07, 6.45) is 3.31. The third-order valence-electron chi connectivity index (χ3n) is 5.42. The maximum Gasteiger partial charge on any atom is 0.321 e. The van der Waals surface area contributed by atoms with Crippen molar-refractivity contribution in [2.45, 2.75) is 37.1 Å². The number of nitriles is 1. The first kappa shape index (κ1) is 19.6. The van der Waals surface area contributed by atoms with Gasteiger partial charge in [-0.15, -0.1) is 11.8 Å². The number of fused-ring (bicyclic) bond motifs is 1. The van der Waals surface area contributed by atoms with Crippen molar-refractivity contribution in [3.8, 4) is 11.8 Å². The van der Waals surface area contributed by atoms with Crippen molar-refractivity contribution in [3.63, 3.8) is 0 Å². The second kappa shape index (κ2) is 7.97. The summed E-state index contributed by atoms with van der Waals surface area (Å²) >= 11 is 1.71. The molecule has 150 valence electrons. The number of carbonyl (C=O) groups excluding carboxylic acids is 1. The first-order valence-corrected chi connectivity index (χ1v) is 10.8. The number of piperidine rings is 1. The van der Waals surface area contributed by atoms with Crippen molar-refractivity contribution in [1.82, 2.24) is 4.90 Å². The zero-order valence-corrected chi connectivity index (χ0v) is 17.3. The molecule has 2 heterocycles. The van der Waals surface area contributed by atoms with Gasteiger partial charge in [-0.2, -0.15) is 5.26 Å². The van der Waals surface area contributed by atoms with Crippen LogP contribution < -0.4 is 10.1 Å². The number of nitrogens with zero attached hydrogens (tertiary/aromatic N) is 2. The fourth-order valence-corrected chi connectivity index (χ4v) is 4.29. The smallest absolute Gasteiger partial charge is 0.321 e. The van der Waals surface area contributed by atoms with Gasteiger partial charge >= 0.3 is 6.03 Å². The number of anilines is 1. The third kappa shape index (κ3) is 4.04. The molecule has 0 aliphatic carbocycles. The Kier molecular flexibility index (Phi) is 5.39. The lowest BCUT2D eigenvalue weighted by atomic mass is 10.0. The number of nitrogens with one attached hydrogen (secondary N) is 1. The van der Waals surface area contributed by atoms with Crippen LogP contribution in [0.3, 0.4) is 0 Å². The van der Waals surface area contributed by atoms with E-state index in [1.165, 1.54) is 4.90 Å². The minimum absolute atomic E-state index is 0.151. The van der Waals surface area contributed by atoms with Gasteiger partial charge in [-0.25, -0.2) is 4.79 Å². The summed E-state index contributed by atoms with van der Waals surface area (Å²) in [6.45, 7) is 3.71. The molecule has 2 aliphatic rings. The molecule has 6 nitrogen and oxygen atoms in total. The molecule has 29 heavy (non-hydrogen) atoms. The molecule has 0 saturated carbocycles. The van der Waals surface area contributed by atoms with Crippen LogP contribution in [0.4, 0.5) is 10.5 Å². The first-order chi connectivity index (χ1) is 14.0. The topological polar surface area (TPSA) is 74.6 Å². The quantitative estimate of drug-likeness (QED) is 0.738. The second-order valence-electron chi connectivity index (χ2n) is 7.34. The van der Waals surface area contributed by atoms with E-state index >= 15 is 0 Å². The van der Waals surface area contributed by atoms with Crippen molar-refractivity contribution in [2.24, 2.45) is 0 Å². The Morgan fingerprint density at radius 1 is 1.24 bits per heavy atom. The molecule has 2 aromatic rings. The minimum Gasteiger partial charge on any atom is -0.462 e. The normalized spacial score (nSPS) is 17.2. The van der Waals surface area contributed by atoms with Crippen molar-refractivity contribution in [1.29, 1.82) is 5.26 Å². The van der Waals surface area contributed by atoms with Crippen LogP contribution in [-0.2, 0) is 11.3 Å². The van der Waals surface area contributed by atoms with E-state index in [-0.39, 0.29) is 6.03 Å². The number of thioether (sulfide) groups is 1. The monoisotopic (exact) mass is 409 g/mol. The Balaban J connectivity index is 1.39. The van der Waals surface area contributed by atoms with Gasteiger partial charge in [0.25, 0.3) is 0 Å². The van der Waals surface area contributed by atoms with Crippen molar-refractivity contribution < 1.29 is 14.3 Å². The van der Waals surface area contributed by atoms with Gasteiger partial charge in [0.05, 0.1) is 18.2 Å². The largest absolute Gasteiger partial charge is 0.462 e. The lowest BCUT2D eigenvalue weighted by Gasteiger charge is -2.44. The van der Waals surface area contributed by atoms with E-state index in [1.807, 2.05) is 0 Å². The van der Waals surface area contributed by atoms with Crippen LogP contribution in [0.2, 0.25) is 0 Å². The summed E-state index contributed by atoms with van der Waals surface area (Å²) in [4.78, 5) is 15.6. The van der Waals surface area contributed by atoms with E-state index in [1.54, 1.807) is 40.9 Å².